The summed E-state index contributed by atoms with van der Waals surface area (Å²) in [5.41, 5.74) is -1.58. The van der Waals surface area contributed by atoms with Crippen LogP contribution in [0.25, 0.3) is 0 Å². The van der Waals surface area contributed by atoms with E-state index in [0.29, 0.717) is 24.8 Å². The third-order valence-corrected chi connectivity index (χ3v) is 5.94. The standard InChI is InChI=1S/C19H24O5/c1-4-23-16(21)19(17(22)24-5-2)11-12(3)18-10-6-7-13(15(18)20)8-9-14(18)19/h6-7,13-14H,3-5,8-11H2,1-2H3. The minimum absolute atomic E-state index is 0.0988. The number of hydrogen-bond acceptors (Lipinski definition) is 5. The number of ketones is 1. The highest BCUT2D eigenvalue weighted by Gasteiger charge is 2.71. The molecular formula is C19H24O5. The first-order valence-electron chi connectivity index (χ1n) is 8.68. The SMILES string of the molecule is C=C1CC(C(=O)OCC)(C(=O)OCC)C2CCC3C=CCC12C3=O. The Labute approximate surface area is 142 Å². The van der Waals surface area contributed by atoms with E-state index in [0.717, 1.165) is 0 Å². The van der Waals surface area contributed by atoms with Gasteiger partial charge >= 0.3 is 11.9 Å². The van der Waals surface area contributed by atoms with Gasteiger partial charge in [0.25, 0.3) is 0 Å². The first kappa shape index (κ1) is 16.9. The maximum absolute atomic E-state index is 13.1. The van der Waals surface area contributed by atoms with Crippen LogP contribution in [0.1, 0.15) is 39.5 Å². The summed E-state index contributed by atoms with van der Waals surface area (Å²) in [4.78, 5) is 38.8. The smallest absolute Gasteiger partial charge is 0.324 e. The lowest BCUT2D eigenvalue weighted by Crippen LogP contribution is -2.54. The van der Waals surface area contributed by atoms with Gasteiger partial charge in [-0.3, -0.25) is 14.4 Å². The third-order valence-electron chi connectivity index (χ3n) is 5.94. The molecule has 0 saturated heterocycles. The average Bonchev–Trinajstić information content (AvgIpc) is 2.78. The van der Waals surface area contributed by atoms with Gasteiger partial charge in [0.2, 0.25) is 0 Å². The number of Topliss-reactive ketones (excluding diaryl/α,β-unsaturated/α-hetero) is 1. The summed E-state index contributed by atoms with van der Waals surface area (Å²) >= 11 is 0. The molecule has 2 bridgehead atoms. The Kier molecular flexibility index (Phi) is 4.14. The highest BCUT2D eigenvalue weighted by Crippen LogP contribution is 2.65. The van der Waals surface area contributed by atoms with Crippen LogP contribution < -0.4 is 0 Å². The second-order valence-corrected chi connectivity index (χ2v) is 6.90. The van der Waals surface area contributed by atoms with Crippen LogP contribution >= 0.6 is 0 Å². The van der Waals surface area contributed by atoms with Crippen molar-refractivity contribution in [3.63, 3.8) is 0 Å². The minimum Gasteiger partial charge on any atom is -0.465 e. The van der Waals surface area contributed by atoms with Gasteiger partial charge in [-0.15, -0.1) is 0 Å². The maximum Gasteiger partial charge on any atom is 0.324 e. The topological polar surface area (TPSA) is 69.7 Å². The summed E-state index contributed by atoms with van der Waals surface area (Å²) in [6.07, 6.45) is 5.86. The Morgan fingerprint density at radius 2 is 1.83 bits per heavy atom. The fourth-order valence-corrected chi connectivity index (χ4v) is 4.95. The molecular weight excluding hydrogens is 308 g/mol. The monoisotopic (exact) mass is 332 g/mol. The van der Waals surface area contributed by atoms with Crippen molar-refractivity contribution in [3.05, 3.63) is 24.3 Å². The molecule has 5 nitrogen and oxygen atoms in total. The summed E-state index contributed by atoms with van der Waals surface area (Å²) in [6, 6.07) is 0. The van der Waals surface area contributed by atoms with Gasteiger partial charge in [0.05, 0.1) is 18.6 Å². The quantitative estimate of drug-likeness (QED) is 0.450. The molecule has 0 aromatic rings. The molecule has 0 aromatic carbocycles. The Morgan fingerprint density at radius 3 is 2.42 bits per heavy atom. The van der Waals surface area contributed by atoms with Crippen molar-refractivity contribution >= 4 is 17.7 Å². The fraction of sp³-hybridized carbons (Fsp3) is 0.632. The first-order valence-corrected chi connectivity index (χ1v) is 8.68. The molecule has 3 rings (SSSR count). The maximum atomic E-state index is 13.1. The Hall–Kier alpha value is -1.91. The van der Waals surface area contributed by atoms with E-state index < -0.39 is 28.7 Å². The lowest BCUT2D eigenvalue weighted by molar-refractivity contribution is -0.178. The van der Waals surface area contributed by atoms with Gasteiger partial charge in [-0.1, -0.05) is 24.3 Å². The van der Waals surface area contributed by atoms with Crippen molar-refractivity contribution in [3.8, 4) is 0 Å². The molecule has 0 amide bonds. The number of carbonyl (C=O) groups excluding carboxylic acids is 3. The molecule has 130 valence electrons. The molecule has 2 fully saturated rings. The number of fused-ring (bicyclic) bond motifs is 1. The molecule has 24 heavy (non-hydrogen) atoms. The van der Waals surface area contributed by atoms with Crippen molar-refractivity contribution < 1.29 is 23.9 Å². The van der Waals surface area contributed by atoms with Crippen LogP contribution in [0.3, 0.4) is 0 Å². The van der Waals surface area contributed by atoms with E-state index in [1.165, 1.54) is 0 Å². The molecule has 3 aliphatic rings. The van der Waals surface area contributed by atoms with E-state index in [2.05, 4.69) is 6.58 Å². The molecule has 2 saturated carbocycles. The summed E-state index contributed by atoms with van der Waals surface area (Å²) < 4.78 is 10.5. The second kappa shape index (κ2) is 5.87. The van der Waals surface area contributed by atoms with Crippen molar-refractivity contribution in [2.24, 2.45) is 22.7 Å². The molecule has 0 aromatic heterocycles. The van der Waals surface area contributed by atoms with E-state index >= 15 is 0 Å². The number of esters is 2. The van der Waals surface area contributed by atoms with E-state index in [4.69, 9.17) is 9.47 Å². The first-order chi connectivity index (χ1) is 11.4. The zero-order valence-corrected chi connectivity index (χ0v) is 14.3. The van der Waals surface area contributed by atoms with Crippen LogP contribution in [0.4, 0.5) is 0 Å². The van der Waals surface area contributed by atoms with Gasteiger partial charge in [-0.25, -0.2) is 0 Å². The van der Waals surface area contributed by atoms with Crippen LogP contribution in [0.2, 0.25) is 0 Å². The predicted octanol–water partition coefficient (Wildman–Crippen LogP) is 2.60. The van der Waals surface area contributed by atoms with Crippen molar-refractivity contribution in [2.75, 3.05) is 13.2 Å². The normalized spacial score (nSPS) is 33.1. The minimum atomic E-state index is -1.44. The van der Waals surface area contributed by atoms with Crippen molar-refractivity contribution in [1.29, 1.82) is 0 Å². The highest BCUT2D eigenvalue weighted by molar-refractivity contribution is 6.05. The predicted molar refractivity (Wildman–Crippen MR) is 86.9 cm³/mol. The zero-order valence-electron chi connectivity index (χ0n) is 14.3. The molecule has 5 heteroatoms. The Balaban J connectivity index is 2.13. The highest BCUT2D eigenvalue weighted by atomic mass is 16.6. The van der Waals surface area contributed by atoms with Gasteiger partial charge in [-0.2, -0.15) is 0 Å². The summed E-state index contributed by atoms with van der Waals surface area (Å²) in [7, 11) is 0. The molecule has 0 radical (unpaired) electrons. The lowest BCUT2D eigenvalue weighted by Gasteiger charge is -2.46. The third kappa shape index (κ3) is 1.96. The zero-order chi connectivity index (χ0) is 17.5. The van der Waals surface area contributed by atoms with Crippen LogP contribution in [0, 0.1) is 22.7 Å². The van der Waals surface area contributed by atoms with Gasteiger partial charge in [0.15, 0.2) is 11.2 Å². The summed E-state index contributed by atoms with van der Waals surface area (Å²) in [5, 5.41) is 0. The molecule has 3 atom stereocenters. The molecule has 1 spiro atoms. The fourth-order valence-electron chi connectivity index (χ4n) is 4.95. The van der Waals surface area contributed by atoms with Crippen molar-refractivity contribution in [1.82, 2.24) is 0 Å². The number of ether oxygens (including phenoxy) is 2. The Morgan fingerprint density at radius 1 is 1.21 bits per heavy atom. The second-order valence-electron chi connectivity index (χ2n) is 6.90. The van der Waals surface area contributed by atoms with Gasteiger partial charge in [0, 0.05) is 11.8 Å². The van der Waals surface area contributed by atoms with Crippen LogP contribution in [-0.4, -0.2) is 30.9 Å². The average molecular weight is 332 g/mol. The van der Waals surface area contributed by atoms with Crippen molar-refractivity contribution in [2.45, 2.75) is 39.5 Å². The van der Waals surface area contributed by atoms with Crippen LogP contribution in [0.15, 0.2) is 24.3 Å². The molecule has 0 heterocycles. The van der Waals surface area contributed by atoms with Gasteiger partial charge in [0.1, 0.15) is 0 Å². The summed E-state index contributed by atoms with van der Waals surface area (Å²) in [5.74, 6) is -1.61. The van der Waals surface area contributed by atoms with Gasteiger partial charge < -0.3 is 9.47 Å². The van der Waals surface area contributed by atoms with Crippen LogP contribution in [-0.2, 0) is 23.9 Å². The van der Waals surface area contributed by atoms with E-state index in [1.54, 1.807) is 13.8 Å². The summed E-state index contributed by atoms with van der Waals surface area (Å²) in [6.45, 7) is 7.90. The number of rotatable bonds is 4. The Bertz CT molecular complexity index is 614. The number of hydrogen-bond donors (Lipinski definition) is 0. The number of carbonyl (C=O) groups is 3. The van der Waals surface area contributed by atoms with Gasteiger partial charge in [-0.05, 0) is 39.5 Å². The molecule has 0 N–H and O–H groups in total. The molecule has 0 aliphatic heterocycles. The van der Waals surface area contributed by atoms with Crippen LogP contribution in [0.5, 0.6) is 0 Å². The lowest BCUT2D eigenvalue weighted by atomic mass is 9.55. The van der Waals surface area contributed by atoms with E-state index in [1.807, 2.05) is 12.2 Å². The van der Waals surface area contributed by atoms with E-state index in [9.17, 15) is 14.4 Å². The molecule has 3 aliphatic carbocycles. The number of allylic oxidation sites excluding steroid dienone is 3. The van der Waals surface area contributed by atoms with E-state index in [-0.39, 0.29) is 31.3 Å². The molecule has 3 unspecified atom stereocenters. The largest absolute Gasteiger partial charge is 0.465 e.